The molecule has 0 aliphatic heterocycles. The van der Waals surface area contributed by atoms with Crippen LogP contribution in [-0.4, -0.2) is 0 Å². The van der Waals surface area contributed by atoms with Crippen LogP contribution in [0.5, 0.6) is 0 Å². The molecule has 0 saturated heterocycles. The predicted octanol–water partition coefficient (Wildman–Crippen LogP) is 6.59. The van der Waals surface area contributed by atoms with Crippen LogP contribution in [-0.2, 0) is 0 Å². The van der Waals surface area contributed by atoms with E-state index >= 15 is 0 Å². The van der Waals surface area contributed by atoms with E-state index in [2.05, 4.69) is 21.2 Å². The van der Waals surface area contributed by atoms with Crippen molar-refractivity contribution in [2.24, 2.45) is 0 Å². The molecule has 6 heteroatoms. The predicted molar refractivity (Wildman–Crippen MR) is 110 cm³/mol. The molecule has 1 heterocycles. The lowest BCUT2D eigenvalue weighted by Gasteiger charge is -2.13. The maximum atomic E-state index is 13.2. The first-order chi connectivity index (χ1) is 13.1. The molecular weight excluding hydrogens is 429 g/mol. The molecule has 0 aliphatic rings. The molecule has 0 saturated carbocycles. The van der Waals surface area contributed by atoms with Gasteiger partial charge in [-0.3, -0.25) is 0 Å². The molecule has 0 bridgehead atoms. The van der Waals surface area contributed by atoms with E-state index in [9.17, 15) is 9.18 Å². The summed E-state index contributed by atoms with van der Waals surface area (Å²) >= 11 is 5.01. The van der Waals surface area contributed by atoms with Gasteiger partial charge in [-0.15, -0.1) is 0 Å². The van der Waals surface area contributed by atoms with Crippen molar-refractivity contribution >= 4 is 50.0 Å². The van der Waals surface area contributed by atoms with Gasteiger partial charge >= 0.3 is 5.63 Å². The molecule has 0 aliphatic carbocycles. The Kier molecular flexibility index (Phi) is 5.01. The van der Waals surface area contributed by atoms with Crippen LogP contribution in [0.25, 0.3) is 11.0 Å². The van der Waals surface area contributed by atoms with Crippen molar-refractivity contribution in [1.82, 2.24) is 0 Å². The lowest BCUT2D eigenvalue weighted by Crippen LogP contribution is -2.09. The summed E-state index contributed by atoms with van der Waals surface area (Å²) in [4.78, 5) is 14.4. The van der Waals surface area contributed by atoms with Gasteiger partial charge in [0.15, 0.2) is 0 Å². The Morgan fingerprint density at radius 1 is 0.926 bits per heavy atom. The molecule has 0 radical (unpaired) electrons. The number of halogens is 2. The minimum Gasteiger partial charge on any atom is -0.421 e. The Morgan fingerprint density at radius 2 is 1.63 bits per heavy atom. The summed E-state index contributed by atoms with van der Waals surface area (Å²) in [5.41, 5.74) is 0.961. The van der Waals surface area contributed by atoms with Gasteiger partial charge < -0.3 is 9.73 Å². The van der Waals surface area contributed by atoms with E-state index in [4.69, 9.17) is 4.42 Å². The zero-order valence-electron chi connectivity index (χ0n) is 13.9. The molecule has 0 fully saturated rings. The Morgan fingerprint density at radius 3 is 2.41 bits per heavy atom. The van der Waals surface area contributed by atoms with Crippen LogP contribution >= 0.6 is 27.7 Å². The van der Waals surface area contributed by atoms with E-state index in [1.54, 1.807) is 18.2 Å². The monoisotopic (exact) mass is 441 g/mol. The number of anilines is 2. The molecule has 4 rings (SSSR count). The van der Waals surface area contributed by atoms with E-state index < -0.39 is 5.63 Å². The maximum Gasteiger partial charge on any atom is 0.361 e. The molecule has 27 heavy (non-hydrogen) atoms. The summed E-state index contributed by atoms with van der Waals surface area (Å²) in [7, 11) is 0. The summed E-state index contributed by atoms with van der Waals surface area (Å²) in [6.07, 6.45) is 0. The minimum absolute atomic E-state index is 0.320. The molecular formula is C21H13BrFNO2S. The van der Waals surface area contributed by atoms with E-state index in [-0.39, 0.29) is 5.82 Å². The number of para-hydroxylation sites is 1. The van der Waals surface area contributed by atoms with Gasteiger partial charge in [-0.05, 0) is 58.4 Å². The number of hydrogen-bond donors (Lipinski definition) is 1. The largest absolute Gasteiger partial charge is 0.421 e. The topological polar surface area (TPSA) is 42.2 Å². The van der Waals surface area contributed by atoms with Crippen LogP contribution in [0.4, 0.5) is 15.8 Å². The molecule has 1 aromatic heterocycles. The first kappa shape index (κ1) is 17.8. The number of nitrogens with one attached hydrogen (secondary N) is 1. The third-order valence-electron chi connectivity index (χ3n) is 3.93. The van der Waals surface area contributed by atoms with Gasteiger partial charge in [0, 0.05) is 20.4 Å². The van der Waals surface area contributed by atoms with E-state index in [0.717, 1.165) is 19.6 Å². The molecule has 3 nitrogen and oxygen atoms in total. The Bertz CT molecular complexity index is 1170. The van der Waals surface area contributed by atoms with Crippen LogP contribution in [0.2, 0.25) is 0 Å². The van der Waals surface area contributed by atoms with Gasteiger partial charge in [-0.25, -0.2) is 9.18 Å². The zero-order valence-corrected chi connectivity index (χ0v) is 16.3. The second kappa shape index (κ2) is 7.58. The normalized spacial score (nSPS) is 10.9. The highest BCUT2D eigenvalue weighted by atomic mass is 79.9. The lowest BCUT2D eigenvalue weighted by atomic mass is 10.2. The Hall–Kier alpha value is -2.57. The SMILES string of the molecule is O=c1oc2ccccc2c(Sc2ccccc2Br)c1Nc1ccc(F)cc1. The third kappa shape index (κ3) is 3.77. The van der Waals surface area contributed by atoms with Crippen molar-refractivity contribution in [2.45, 2.75) is 9.79 Å². The van der Waals surface area contributed by atoms with E-state index in [0.29, 0.717) is 17.0 Å². The van der Waals surface area contributed by atoms with Crippen molar-refractivity contribution in [3.63, 3.8) is 0 Å². The third-order valence-corrected chi connectivity index (χ3v) is 6.09. The molecule has 1 N–H and O–H groups in total. The quantitative estimate of drug-likeness (QED) is 0.362. The summed E-state index contributed by atoms with van der Waals surface area (Å²) < 4.78 is 19.6. The Labute approximate surface area is 167 Å². The highest BCUT2D eigenvalue weighted by Crippen LogP contribution is 2.40. The fourth-order valence-electron chi connectivity index (χ4n) is 2.65. The molecule has 0 amide bonds. The van der Waals surface area contributed by atoms with Crippen LogP contribution < -0.4 is 10.9 Å². The first-order valence-corrected chi connectivity index (χ1v) is 9.73. The van der Waals surface area contributed by atoms with E-state index in [1.807, 2.05) is 42.5 Å². The fourth-order valence-corrected chi connectivity index (χ4v) is 4.22. The van der Waals surface area contributed by atoms with Crippen molar-refractivity contribution in [3.05, 3.63) is 93.5 Å². The molecule has 0 spiro atoms. The zero-order chi connectivity index (χ0) is 18.8. The van der Waals surface area contributed by atoms with Gasteiger partial charge in [0.1, 0.15) is 17.1 Å². The van der Waals surface area contributed by atoms with Crippen LogP contribution in [0.1, 0.15) is 0 Å². The molecule has 0 atom stereocenters. The molecule has 4 aromatic rings. The second-order valence-electron chi connectivity index (χ2n) is 5.75. The summed E-state index contributed by atoms with van der Waals surface area (Å²) in [6.45, 7) is 0. The van der Waals surface area contributed by atoms with Crippen molar-refractivity contribution in [2.75, 3.05) is 5.32 Å². The lowest BCUT2D eigenvalue weighted by molar-refractivity contribution is 0.561. The molecule has 134 valence electrons. The summed E-state index contributed by atoms with van der Waals surface area (Å²) in [5.74, 6) is -0.339. The Balaban J connectivity index is 1.89. The van der Waals surface area contributed by atoms with Crippen LogP contribution in [0.15, 0.2) is 96.3 Å². The van der Waals surface area contributed by atoms with Gasteiger partial charge in [0.05, 0.1) is 4.90 Å². The van der Waals surface area contributed by atoms with Gasteiger partial charge in [-0.1, -0.05) is 42.1 Å². The highest BCUT2D eigenvalue weighted by molar-refractivity contribution is 9.10. The van der Waals surface area contributed by atoms with Gasteiger partial charge in [0.25, 0.3) is 0 Å². The van der Waals surface area contributed by atoms with Crippen LogP contribution in [0, 0.1) is 5.82 Å². The molecule has 0 unspecified atom stereocenters. The first-order valence-electron chi connectivity index (χ1n) is 8.12. The fraction of sp³-hybridized carbons (Fsp3) is 0. The summed E-state index contributed by atoms with van der Waals surface area (Å²) in [5, 5.41) is 3.91. The van der Waals surface area contributed by atoms with Crippen LogP contribution in [0.3, 0.4) is 0 Å². The second-order valence-corrected chi connectivity index (χ2v) is 7.66. The smallest absolute Gasteiger partial charge is 0.361 e. The van der Waals surface area contributed by atoms with Gasteiger partial charge in [-0.2, -0.15) is 0 Å². The van der Waals surface area contributed by atoms with Crippen molar-refractivity contribution in [3.8, 4) is 0 Å². The maximum absolute atomic E-state index is 13.2. The van der Waals surface area contributed by atoms with Gasteiger partial charge in [0.2, 0.25) is 0 Å². The number of rotatable bonds is 4. The standard InChI is InChI=1S/C21H13BrFNO2S/c22-16-6-2-4-8-18(16)27-20-15-5-1-3-7-17(15)26-21(25)19(20)24-14-11-9-13(23)10-12-14/h1-12,24H. The minimum atomic E-state index is -0.479. The number of hydrogen-bond acceptors (Lipinski definition) is 4. The van der Waals surface area contributed by atoms with Crippen molar-refractivity contribution < 1.29 is 8.81 Å². The van der Waals surface area contributed by atoms with Crippen molar-refractivity contribution in [1.29, 1.82) is 0 Å². The number of fused-ring (bicyclic) bond motifs is 1. The molecule has 3 aromatic carbocycles. The number of benzene rings is 3. The average molecular weight is 442 g/mol. The average Bonchev–Trinajstić information content (AvgIpc) is 2.67. The van der Waals surface area contributed by atoms with E-state index in [1.165, 1.54) is 23.9 Å². The summed E-state index contributed by atoms with van der Waals surface area (Å²) in [6, 6.07) is 21.0. The highest BCUT2D eigenvalue weighted by Gasteiger charge is 2.17.